The first-order valence-electron chi connectivity index (χ1n) is 5.44. The molecule has 0 aliphatic carbocycles. The molecule has 1 atom stereocenters. The van der Waals surface area contributed by atoms with Crippen LogP contribution in [0.4, 0.5) is 13.2 Å². The molecule has 1 aromatic heterocycles. The number of aliphatic hydroxyl groups is 1. The summed E-state index contributed by atoms with van der Waals surface area (Å²) in [5.41, 5.74) is -0.838. The van der Waals surface area contributed by atoms with E-state index >= 15 is 0 Å². The average molecular weight is 414 g/mol. The summed E-state index contributed by atoms with van der Waals surface area (Å²) in [7, 11) is 1.55. The van der Waals surface area contributed by atoms with E-state index in [1.165, 1.54) is 23.0 Å². The summed E-state index contributed by atoms with van der Waals surface area (Å²) >= 11 is 6.18. The monoisotopic (exact) mass is 412 g/mol. The molecule has 0 saturated heterocycles. The van der Waals surface area contributed by atoms with Gasteiger partial charge in [-0.1, -0.05) is 22.0 Å². The van der Waals surface area contributed by atoms with Crippen LogP contribution >= 0.6 is 31.9 Å². The molecule has 8 heteroatoms. The maximum Gasteiger partial charge on any atom is 0.416 e. The molecular weight excluding hydrogens is 405 g/mol. The summed E-state index contributed by atoms with van der Waals surface area (Å²) in [6.45, 7) is 0. The Hall–Kier alpha value is -0.860. The van der Waals surface area contributed by atoms with Crippen LogP contribution in [0, 0.1) is 0 Å². The molecule has 3 nitrogen and oxygen atoms in total. The van der Waals surface area contributed by atoms with Gasteiger partial charge in [0.25, 0.3) is 0 Å². The summed E-state index contributed by atoms with van der Waals surface area (Å²) in [6.07, 6.45) is -4.56. The molecule has 20 heavy (non-hydrogen) atoms. The average Bonchev–Trinajstić information content (AvgIpc) is 2.67. The number of rotatable bonds is 2. The van der Waals surface area contributed by atoms with E-state index in [-0.39, 0.29) is 11.3 Å². The summed E-state index contributed by atoms with van der Waals surface area (Å²) in [5, 5.41) is 14.2. The van der Waals surface area contributed by atoms with Gasteiger partial charge in [-0.2, -0.15) is 18.3 Å². The minimum Gasteiger partial charge on any atom is -0.382 e. The summed E-state index contributed by atoms with van der Waals surface area (Å²) in [6, 6.07) is 3.65. The van der Waals surface area contributed by atoms with Crippen LogP contribution in [0.2, 0.25) is 0 Å². The highest BCUT2D eigenvalue weighted by atomic mass is 79.9. The van der Waals surface area contributed by atoms with Gasteiger partial charge in [0.15, 0.2) is 0 Å². The van der Waals surface area contributed by atoms with Crippen LogP contribution in [0.5, 0.6) is 0 Å². The van der Waals surface area contributed by atoms with Crippen LogP contribution in [-0.4, -0.2) is 14.9 Å². The van der Waals surface area contributed by atoms with Crippen LogP contribution in [0.25, 0.3) is 0 Å². The van der Waals surface area contributed by atoms with E-state index in [1.54, 1.807) is 7.05 Å². The Balaban J connectivity index is 2.58. The van der Waals surface area contributed by atoms with Gasteiger partial charge in [0.05, 0.1) is 21.9 Å². The number of aryl methyl sites for hydroxylation is 1. The van der Waals surface area contributed by atoms with Gasteiger partial charge in [-0.3, -0.25) is 4.68 Å². The second-order valence-electron chi connectivity index (χ2n) is 4.13. The van der Waals surface area contributed by atoms with Gasteiger partial charge in [-0.05, 0) is 33.6 Å². The van der Waals surface area contributed by atoms with E-state index in [2.05, 4.69) is 37.0 Å². The van der Waals surface area contributed by atoms with E-state index in [9.17, 15) is 18.3 Å². The fraction of sp³-hybridized carbons (Fsp3) is 0.250. The third kappa shape index (κ3) is 2.91. The van der Waals surface area contributed by atoms with E-state index in [0.717, 1.165) is 6.07 Å². The van der Waals surface area contributed by atoms with Crippen molar-refractivity contribution in [2.45, 2.75) is 12.3 Å². The standard InChI is InChI=1S/C12H9Br2F3N2O/c1-19-10(9(14)5-18-19)11(20)7-3-2-6(13)4-8(7)12(15,16)17/h2-5,11,20H,1H3. The Morgan fingerprint density at radius 2 is 1.95 bits per heavy atom. The summed E-state index contributed by atoms with van der Waals surface area (Å²) in [4.78, 5) is 0. The zero-order chi connectivity index (χ0) is 15.1. The molecule has 0 aliphatic rings. The van der Waals surface area contributed by atoms with Crippen LogP contribution in [0.1, 0.15) is 22.9 Å². The van der Waals surface area contributed by atoms with Crippen molar-refractivity contribution >= 4 is 31.9 Å². The van der Waals surface area contributed by atoms with Crippen molar-refractivity contribution in [3.8, 4) is 0 Å². The molecule has 0 saturated carbocycles. The Morgan fingerprint density at radius 1 is 1.30 bits per heavy atom. The molecule has 0 aliphatic heterocycles. The van der Waals surface area contributed by atoms with Crippen LogP contribution in [0.3, 0.4) is 0 Å². The number of benzene rings is 1. The highest BCUT2D eigenvalue weighted by Gasteiger charge is 2.36. The Morgan fingerprint density at radius 3 is 2.45 bits per heavy atom. The molecule has 0 fully saturated rings. The quantitative estimate of drug-likeness (QED) is 0.806. The molecule has 1 aromatic carbocycles. The van der Waals surface area contributed by atoms with Crippen molar-refractivity contribution in [3.05, 3.63) is 50.2 Å². The van der Waals surface area contributed by atoms with Crippen molar-refractivity contribution in [3.63, 3.8) is 0 Å². The highest BCUT2D eigenvalue weighted by Crippen LogP contribution is 2.39. The lowest BCUT2D eigenvalue weighted by molar-refractivity contribution is -0.139. The lowest BCUT2D eigenvalue weighted by atomic mass is 10.00. The van der Waals surface area contributed by atoms with Crippen LogP contribution < -0.4 is 0 Å². The fourth-order valence-corrected chi connectivity index (χ4v) is 2.81. The van der Waals surface area contributed by atoms with Crippen LogP contribution in [0.15, 0.2) is 33.3 Å². The van der Waals surface area contributed by atoms with Gasteiger partial charge in [0, 0.05) is 11.5 Å². The van der Waals surface area contributed by atoms with Crippen LogP contribution in [-0.2, 0) is 13.2 Å². The molecule has 2 rings (SSSR count). The third-order valence-electron chi connectivity index (χ3n) is 2.81. The van der Waals surface area contributed by atoms with Crippen molar-refractivity contribution in [1.82, 2.24) is 9.78 Å². The van der Waals surface area contributed by atoms with E-state index in [1.807, 2.05) is 0 Å². The first-order chi connectivity index (χ1) is 9.21. The zero-order valence-electron chi connectivity index (χ0n) is 10.1. The smallest absolute Gasteiger partial charge is 0.382 e. The fourth-order valence-electron chi connectivity index (χ4n) is 1.89. The molecule has 0 amide bonds. The van der Waals surface area contributed by atoms with Gasteiger partial charge in [-0.25, -0.2) is 0 Å². The maximum atomic E-state index is 13.1. The van der Waals surface area contributed by atoms with Crippen molar-refractivity contribution in [1.29, 1.82) is 0 Å². The van der Waals surface area contributed by atoms with Gasteiger partial charge in [-0.15, -0.1) is 0 Å². The summed E-state index contributed by atoms with van der Waals surface area (Å²) < 4.78 is 41.3. The van der Waals surface area contributed by atoms with Crippen molar-refractivity contribution in [2.24, 2.45) is 7.05 Å². The maximum absolute atomic E-state index is 13.1. The Bertz CT molecular complexity index is 621. The SMILES string of the molecule is Cn1ncc(Br)c1C(O)c1ccc(Br)cc1C(F)(F)F. The first kappa shape index (κ1) is 15.5. The Labute approximate surface area is 129 Å². The number of nitrogens with zero attached hydrogens (tertiary/aromatic N) is 2. The van der Waals surface area contributed by atoms with E-state index in [4.69, 9.17) is 0 Å². The lowest BCUT2D eigenvalue weighted by Crippen LogP contribution is -2.15. The minimum absolute atomic E-state index is 0.218. The van der Waals surface area contributed by atoms with Gasteiger partial charge >= 0.3 is 6.18 Å². The molecule has 1 N–H and O–H groups in total. The molecule has 2 aromatic rings. The minimum atomic E-state index is -4.55. The second-order valence-corrected chi connectivity index (χ2v) is 5.90. The van der Waals surface area contributed by atoms with Gasteiger partial charge in [0.1, 0.15) is 6.10 Å². The number of halogens is 5. The predicted molar refractivity (Wildman–Crippen MR) is 74.1 cm³/mol. The third-order valence-corrected chi connectivity index (χ3v) is 3.92. The highest BCUT2D eigenvalue weighted by molar-refractivity contribution is 9.10. The molecule has 0 bridgehead atoms. The topological polar surface area (TPSA) is 38.0 Å². The predicted octanol–water partition coefficient (Wildman–Crippen LogP) is 4.05. The van der Waals surface area contributed by atoms with Crippen molar-refractivity contribution < 1.29 is 18.3 Å². The molecule has 1 unspecified atom stereocenters. The summed E-state index contributed by atoms with van der Waals surface area (Å²) in [5.74, 6) is 0. The number of hydrogen-bond acceptors (Lipinski definition) is 2. The first-order valence-corrected chi connectivity index (χ1v) is 7.02. The van der Waals surface area contributed by atoms with Gasteiger partial charge in [0.2, 0.25) is 0 Å². The zero-order valence-corrected chi connectivity index (χ0v) is 13.3. The van der Waals surface area contributed by atoms with E-state index in [0.29, 0.717) is 8.95 Å². The van der Waals surface area contributed by atoms with E-state index < -0.39 is 17.8 Å². The second kappa shape index (κ2) is 5.50. The van der Waals surface area contributed by atoms with Crippen molar-refractivity contribution in [2.75, 3.05) is 0 Å². The molecular formula is C12H9Br2F3N2O. The number of hydrogen-bond donors (Lipinski definition) is 1. The molecule has 1 heterocycles. The lowest BCUT2D eigenvalue weighted by Gasteiger charge is -2.18. The molecule has 108 valence electrons. The number of alkyl halides is 3. The molecule has 0 spiro atoms. The normalized spacial score (nSPS) is 13.6. The largest absolute Gasteiger partial charge is 0.416 e. The number of aliphatic hydroxyl groups excluding tert-OH is 1. The van der Waals surface area contributed by atoms with Gasteiger partial charge < -0.3 is 5.11 Å². The molecule has 0 radical (unpaired) electrons. The number of aromatic nitrogens is 2. The Kier molecular flexibility index (Phi) is 4.27.